The summed E-state index contributed by atoms with van der Waals surface area (Å²) in [5.74, 6) is 0.994. The summed E-state index contributed by atoms with van der Waals surface area (Å²) in [6, 6.07) is 7.13. The van der Waals surface area contributed by atoms with Crippen molar-refractivity contribution in [2.24, 2.45) is 0 Å². The van der Waals surface area contributed by atoms with Gasteiger partial charge in [-0.1, -0.05) is 13.0 Å². The fourth-order valence-corrected chi connectivity index (χ4v) is 2.97. The van der Waals surface area contributed by atoms with Gasteiger partial charge >= 0.3 is 0 Å². The number of ether oxygens (including phenoxy) is 2. The molecule has 1 aliphatic carbocycles. The van der Waals surface area contributed by atoms with Crippen molar-refractivity contribution in [2.75, 3.05) is 20.3 Å². The maximum atomic E-state index is 6.00. The van der Waals surface area contributed by atoms with Crippen LogP contribution in [0, 0.1) is 0 Å². The Bertz CT molecular complexity index is 433. The normalized spacial score (nSPS) is 19.1. The van der Waals surface area contributed by atoms with E-state index in [2.05, 4.69) is 37.4 Å². The van der Waals surface area contributed by atoms with E-state index in [0.29, 0.717) is 6.04 Å². The molecule has 3 heteroatoms. The third kappa shape index (κ3) is 4.72. The summed E-state index contributed by atoms with van der Waals surface area (Å²) >= 11 is 0. The summed E-state index contributed by atoms with van der Waals surface area (Å²) in [6.07, 6.45) is 5.98. The predicted molar refractivity (Wildman–Crippen MR) is 87.0 cm³/mol. The second kappa shape index (κ2) is 8.40. The Balaban J connectivity index is 2.01. The van der Waals surface area contributed by atoms with Crippen molar-refractivity contribution < 1.29 is 9.47 Å². The van der Waals surface area contributed by atoms with Gasteiger partial charge in [-0.25, -0.2) is 0 Å². The molecule has 0 spiro atoms. The Hall–Kier alpha value is -1.06. The minimum atomic E-state index is 0.195. The molecule has 0 fully saturated rings. The van der Waals surface area contributed by atoms with Crippen molar-refractivity contribution in [3.05, 3.63) is 29.3 Å². The maximum absolute atomic E-state index is 6.00. The smallest absolute Gasteiger partial charge is 0.119 e. The van der Waals surface area contributed by atoms with Crippen LogP contribution in [0.3, 0.4) is 0 Å². The molecule has 0 aliphatic heterocycles. The Morgan fingerprint density at radius 1 is 1.38 bits per heavy atom. The van der Waals surface area contributed by atoms with E-state index in [9.17, 15) is 0 Å². The van der Waals surface area contributed by atoms with Crippen LogP contribution in [0.2, 0.25) is 0 Å². The highest BCUT2D eigenvalue weighted by Gasteiger charge is 2.20. The molecule has 1 aliphatic rings. The molecule has 3 nitrogen and oxygen atoms in total. The molecule has 118 valence electrons. The highest BCUT2D eigenvalue weighted by atomic mass is 16.5. The fourth-order valence-electron chi connectivity index (χ4n) is 2.97. The van der Waals surface area contributed by atoms with Gasteiger partial charge in [0.15, 0.2) is 0 Å². The molecule has 0 radical (unpaired) electrons. The van der Waals surface area contributed by atoms with Gasteiger partial charge in [-0.05, 0) is 62.4 Å². The van der Waals surface area contributed by atoms with E-state index in [0.717, 1.165) is 25.3 Å². The fraction of sp³-hybridized carbons (Fsp3) is 0.667. The summed E-state index contributed by atoms with van der Waals surface area (Å²) < 4.78 is 11.1. The van der Waals surface area contributed by atoms with E-state index >= 15 is 0 Å². The molecule has 2 atom stereocenters. The number of nitrogens with one attached hydrogen (secondary N) is 1. The van der Waals surface area contributed by atoms with Crippen LogP contribution >= 0.6 is 0 Å². The topological polar surface area (TPSA) is 30.5 Å². The van der Waals surface area contributed by atoms with Crippen LogP contribution < -0.4 is 10.1 Å². The Morgan fingerprint density at radius 3 is 3.00 bits per heavy atom. The molecule has 21 heavy (non-hydrogen) atoms. The van der Waals surface area contributed by atoms with E-state index in [4.69, 9.17) is 9.47 Å². The zero-order chi connectivity index (χ0) is 15.1. The average Bonchev–Trinajstić information content (AvgIpc) is 2.50. The summed E-state index contributed by atoms with van der Waals surface area (Å²) in [5, 5.41) is 3.66. The second-order valence-corrected chi connectivity index (χ2v) is 5.97. The van der Waals surface area contributed by atoms with Crippen LogP contribution in [0.25, 0.3) is 0 Å². The number of benzene rings is 1. The summed E-state index contributed by atoms with van der Waals surface area (Å²) in [6.45, 7) is 6.16. The zero-order valence-corrected chi connectivity index (χ0v) is 13.7. The molecular weight excluding hydrogens is 262 g/mol. The standard InChI is InChI=1S/C18H29NO2/c1-4-11-19-18-7-5-6-15-13-16(8-9-17(15)18)21-14(2)10-12-20-3/h8-9,13-14,18-19H,4-7,10-12H2,1-3H3. The lowest BCUT2D eigenvalue weighted by molar-refractivity contribution is 0.135. The lowest BCUT2D eigenvalue weighted by atomic mass is 9.87. The van der Waals surface area contributed by atoms with Crippen molar-refractivity contribution in [3.8, 4) is 5.75 Å². The van der Waals surface area contributed by atoms with Crippen LogP contribution in [0.4, 0.5) is 0 Å². The van der Waals surface area contributed by atoms with Crippen LogP contribution in [-0.4, -0.2) is 26.4 Å². The van der Waals surface area contributed by atoms with Gasteiger partial charge in [-0.15, -0.1) is 0 Å². The number of methoxy groups -OCH3 is 1. The van der Waals surface area contributed by atoms with Crippen LogP contribution in [0.5, 0.6) is 5.75 Å². The van der Waals surface area contributed by atoms with Crippen LogP contribution in [0.1, 0.15) is 56.7 Å². The lowest BCUT2D eigenvalue weighted by Gasteiger charge is -2.27. The minimum Gasteiger partial charge on any atom is -0.491 e. The minimum absolute atomic E-state index is 0.195. The van der Waals surface area contributed by atoms with E-state index < -0.39 is 0 Å². The second-order valence-electron chi connectivity index (χ2n) is 5.97. The number of rotatable bonds is 8. The highest BCUT2D eigenvalue weighted by Crippen LogP contribution is 2.32. The first kappa shape index (κ1) is 16.3. The monoisotopic (exact) mass is 291 g/mol. The molecule has 2 unspecified atom stereocenters. The molecule has 0 amide bonds. The Kier molecular flexibility index (Phi) is 6.52. The van der Waals surface area contributed by atoms with Gasteiger partial charge in [0.25, 0.3) is 0 Å². The number of fused-ring (bicyclic) bond motifs is 1. The summed E-state index contributed by atoms with van der Waals surface area (Å²) in [5.41, 5.74) is 2.91. The third-order valence-corrected chi connectivity index (χ3v) is 4.14. The van der Waals surface area contributed by atoms with Crippen molar-refractivity contribution in [1.82, 2.24) is 5.32 Å². The van der Waals surface area contributed by atoms with E-state index in [1.165, 1.54) is 36.8 Å². The molecule has 1 aromatic carbocycles. The molecule has 0 saturated carbocycles. The SMILES string of the molecule is CCCNC1CCCc2cc(OC(C)CCOC)ccc21. The van der Waals surface area contributed by atoms with Gasteiger partial charge in [0.1, 0.15) is 5.75 Å². The van der Waals surface area contributed by atoms with Crippen molar-refractivity contribution in [3.63, 3.8) is 0 Å². The first-order valence-corrected chi connectivity index (χ1v) is 8.26. The molecule has 0 aromatic heterocycles. The largest absolute Gasteiger partial charge is 0.491 e. The molecule has 0 saturated heterocycles. The molecular formula is C18H29NO2. The van der Waals surface area contributed by atoms with Gasteiger partial charge in [-0.2, -0.15) is 0 Å². The van der Waals surface area contributed by atoms with Crippen LogP contribution in [-0.2, 0) is 11.2 Å². The Labute approximate surface area is 129 Å². The van der Waals surface area contributed by atoms with E-state index in [1.54, 1.807) is 7.11 Å². The lowest BCUT2D eigenvalue weighted by Crippen LogP contribution is -2.26. The van der Waals surface area contributed by atoms with Gasteiger partial charge in [0.2, 0.25) is 0 Å². The van der Waals surface area contributed by atoms with Gasteiger partial charge < -0.3 is 14.8 Å². The Morgan fingerprint density at radius 2 is 2.24 bits per heavy atom. The van der Waals surface area contributed by atoms with Gasteiger partial charge in [-0.3, -0.25) is 0 Å². The molecule has 0 heterocycles. The molecule has 1 N–H and O–H groups in total. The first-order chi connectivity index (χ1) is 10.2. The number of hydrogen-bond donors (Lipinski definition) is 1. The molecule has 0 bridgehead atoms. The number of aryl methyl sites for hydroxylation is 1. The van der Waals surface area contributed by atoms with Crippen molar-refractivity contribution in [2.45, 2.75) is 58.1 Å². The summed E-state index contributed by atoms with van der Waals surface area (Å²) in [7, 11) is 1.73. The van der Waals surface area contributed by atoms with Crippen LogP contribution in [0.15, 0.2) is 18.2 Å². The maximum Gasteiger partial charge on any atom is 0.119 e. The summed E-state index contributed by atoms with van der Waals surface area (Å²) in [4.78, 5) is 0. The van der Waals surface area contributed by atoms with Gasteiger partial charge in [0.05, 0.1) is 6.10 Å². The van der Waals surface area contributed by atoms with E-state index in [1.807, 2.05) is 0 Å². The number of hydrogen-bond acceptors (Lipinski definition) is 3. The van der Waals surface area contributed by atoms with E-state index in [-0.39, 0.29) is 6.10 Å². The van der Waals surface area contributed by atoms with Crippen molar-refractivity contribution >= 4 is 0 Å². The van der Waals surface area contributed by atoms with Gasteiger partial charge in [0, 0.05) is 26.2 Å². The predicted octanol–water partition coefficient (Wildman–Crippen LogP) is 3.87. The van der Waals surface area contributed by atoms with Crippen molar-refractivity contribution in [1.29, 1.82) is 0 Å². The third-order valence-electron chi connectivity index (χ3n) is 4.14. The zero-order valence-electron chi connectivity index (χ0n) is 13.7. The average molecular weight is 291 g/mol. The quantitative estimate of drug-likeness (QED) is 0.788. The highest BCUT2D eigenvalue weighted by molar-refractivity contribution is 5.39. The molecule has 2 rings (SSSR count). The molecule has 1 aromatic rings. The first-order valence-electron chi connectivity index (χ1n) is 8.26.